The van der Waals surface area contributed by atoms with Crippen molar-refractivity contribution in [2.75, 3.05) is 12.0 Å². The number of benzene rings is 3. The van der Waals surface area contributed by atoms with Crippen molar-refractivity contribution in [2.24, 2.45) is 29.6 Å². The molecule has 0 spiro atoms. The maximum Gasteiger partial charge on any atom is 0.305 e. The molecule has 7 atom stereocenters. The summed E-state index contributed by atoms with van der Waals surface area (Å²) in [5.41, 5.74) is 2.38. The van der Waals surface area contributed by atoms with Gasteiger partial charge in [0.1, 0.15) is 18.1 Å². The molecule has 11 heteroatoms. The third-order valence-electron chi connectivity index (χ3n) is 9.64. The minimum absolute atomic E-state index is 0.00811. The standard InChI is InChI=1S/C33H26Cl2N2O5S2/c1-41-19-8-6-18(7-9-19)37-31(38)26-21-13-22(27(26)32(37)39)28-25(21)24(29-30(43-28)36-33(40)44-29)20-12-17(35)5-10-23(20)42-14-15-3-2-4-16(34)11-15/h2-12,21-22,24-28H,13-14H2,1H3,(H,36,40)/t21-,22-,24?,25?,26?,27?,28?/m1/s1. The number of nitrogens with one attached hydrogen (secondary N) is 1. The molecule has 7 nitrogen and oxygen atoms in total. The van der Waals surface area contributed by atoms with E-state index in [1.165, 1.54) is 16.2 Å². The van der Waals surface area contributed by atoms with Gasteiger partial charge in [-0.3, -0.25) is 19.3 Å². The lowest BCUT2D eigenvalue weighted by atomic mass is 9.68. The van der Waals surface area contributed by atoms with Gasteiger partial charge < -0.3 is 14.5 Å². The minimum atomic E-state index is -0.411. The number of aromatic amines is 1. The molecule has 1 N–H and O–H groups in total. The third-order valence-corrected chi connectivity index (χ3v) is 12.7. The summed E-state index contributed by atoms with van der Waals surface area (Å²) in [5.74, 6) is 0.0406. The highest BCUT2D eigenvalue weighted by Gasteiger charge is 2.69. The van der Waals surface area contributed by atoms with Crippen molar-refractivity contribution in [1.82, 2.24) is 4.98 Å². The number of imide groups is 1. The lowest BCUT2D eigenvalue weighted by Crippen LogP contribution is -2.42. The topological polar surface area (TPSA) is 88.7 Å². The van der Waals surface area contributed by atoms with Gasteiger partial charge in [-0.2, -0.15) is 0 Å². The number of hydrogen-bond acceptors (Lipinski definition) is 7. The summed E-state index contributed by atoms with van der Waals surface area (Å²) in [4.78, 5) is 46.0. The van der Waals surface area contributed by atoms with E-state index in [0.717, 1.165) is 27.5 Å². The quantitative estimate of drug-likeness (QED) is 0.223. The number of ether oxygens (including phenoxy) is 2. The van der Waals surface area contributed by atoms with Crippen LogP contribution >= 0.6 is 46.3 Å². The monoisotopic (exact) mass is 664 g/mol. The van der Waals surface area contributed by atoms with Crippen LogP contribution in [-0.4, -0.2) is 29.2 Å². The van der Waals surface area contributed by atoms with Gasteiger partial charge in [0.05, 0.1) is 29.7 Å². The lowest BCUT2D eigenvalue weighted by Gasteiger charge is -2.43. The largest absolute Gasteiger partial charge is 0.497 e. The molecule has 2 amide bonds. The number of thioether (sulfide) groups is 1. The molecule has 2 bridgehead atoms. The van der Waals surface area contributed by atoms with Gasteiger partial charge in [0.15, 0.2) is 0 Å². The molecule has 4 aliphatic rings. The first-order valence-electron chi connectivity index (χ1n) is 14.4. The molecule has 2 saturated carbocycles. The van der Waals surface area contributed by atoms with Gasteiger partial charge in [-0.05, 0) is 84.3 Å². The average Bonchev–Trinajstić information content (AvgIpc) is 3.75. The number of carbonyl (C=O) groups is 2. The maximum atomic E-state index is 14.1. The minimum Gasteiger partial charge on any atom is -0.497 e. The van der Waals surface area contributed by atoms with Crippen LogP contribution in [0.1, 0.15) is 28.3 Å². The summed E-state index contributed by atoms with van der Waals surface area (Å²) in [6, 6.07) is 20.2. The van der Waals surface area contributed by atoms with Crippen molar-refractivity contribution in [2.45, 2.75) is 29.2 Å². The molecule has 3 heterocycles. The van der Waals surface area contributed by atoms with Crippen LogP contribution in [0, 0.1) is 29.6 Å². The Kier molecular flexibility index (Phi) is 6.86. The molecule has 1 saturated heterocycles. The third kappa shape index (κ3) is 4.35. The molecule has 1 aromatic heterocycles. The summed E-state index contributed by atoms with van der Waals surface area (Å²) in [7, 11) is 1.58. The number of aromatic nitrogens is 1. The Labute approximate surface area is 271 Å². The molecule has 2 aliphatic heterocycles. The summed E-state index contributed by atoms with van der Waals surface area (Å²) < 4.78 is 11.7. The van der Waals surface area contributed by atoms with E-state index in [2.05, 4.69) is 4.98 Å². The van der Waals surface area contributed by atoms with E-state index < -0.39 is 5.92 Å². The van der Waals surface area contributed by atoms with E-state index in [1.807, 2.05) is 36.4 Å². The first-order valence-corrected chi connectivity index (χ1v) is 16.9. The van der Waals surface area contributed by atoms with E-state index in [9.17, 15) is 14.4 Å². The van der Waals surface area contributed by atoms with Crippen molar-refractivity contribution in [1.29, 1.82) is 0 Å². The van der Waals surface area contributed by atoms with Gasteiger partial charge in [0, 0.05) is 31.7 Å². The predicted octanol–water partition coefficient (Wildman–Crippen LogP) is 7.01. The number of halogens is 2. The van der Waals surface area contributed by atoms with Gasteiger partial charge in [-0.1, -0.05) is 46.7 Å². The Hall–Kier alpha value is -3.24. The number of thiazole rings is 1. The smallest absolute Gasteiger partial charge is 0.305 e. The second kappa shape index (κ2) is 10.7. The molecule has 224 valence electrons. The Morgan fingerprint density at radius 2 is 1.68 bits per heavy atom. The Bertz CT molecular complexity index is 1870. The summed E-state index contributed by atoms with van der Waals surface area (Å²) in [5, 5.41) is 2.08. The molecule has 3 fully saturated rings. The number of fused-ring (bicyclic) bond motifs is 9. The van der Waals surface area contributed by atoms with Crippen molar-refractivity contribution < 1.29 is 19.1 Å². The number of nitrogens with zero attached hydrogens (tertiary/aromatic N) is 1. The first-order chi connectivity index (χ1) is 21.3. The summed E-state index contributed by atoms with van der Waals surface area (Å²) in [6.45, 7) is 0.307. The Balaban J connectivity index is 1.19. The van der Waals surface area contributed by atoms with E-state index in [-0.39, 0.29) is 51.5 Å². The zero-order valence-corrected chi connectivity index (χ0v) is 26.5. The second-order valence-electron chi connectivity index (χ2n) is 11.8. The van der Waals surface area contributed by atoms with Crippen LogP contribution in [0.15, 0.2) is 76.6 Å². The van der Waals surface area contributed by atoms with Crippen LogP contribution in [0.5, 0.6) is 11.5 Å². The lowest BCUT2D eigenvalue weighted by molar-refractivity contribution is -0.123. The molecule has 3 aromatic carbocycles. The molecule has 8 rings (SSSR count). The van der Waals surface area contributed by atoms with Crippen molar-refractivity contribution >= 4 is 63.8 Å². The number of carbonyl (C=O) groups excluding carboxylic acids is 2. The van der Waals surface area contributed by atoms with Gasteiger partial charge in [0.2, 0.25) is 11.8 Å². The van der Waals surface area contributed by atoms with Crippen LogP contribution in [0.2, 0.25) is 10.0 Å². The Morgan fingerprint density at radius 1 is 0.932 bits per heavy atom. The zero-order chi connectivity index (χ0) is 30.3. The molecule has 5 unspecified atom stereocenters. The normalized spacial score (nSPS) is 28.2. The second-order valence-corrected chi connectivity index (χ2v) is 14.8. The number of anilines is 1. The summed E-state index contributed by atoms with van der Waals surface area (Å²) in [6.07, 6.45) is 0.792. The highest BCUT2D eigenvalue weighted by Crippen LogP contribution is 2.69. The highest BCUT2D eigenvalue weighted by molar-refractivity contribution is 8.00. The van der Waals surface area contributed by atoms with Gasteiger partial charge in [-0.25, -0.2) is 0 Å². The number of rotatable bonds is 6. The zero-order valence-electron chi connectivity index (χ0n) is 23.4. The van der Waals surface area contributed by atoms with E-state index in [0.29, 0.717) is 33.8 Å². The van der Waals surface area contributed by atoms with Crippen LogP contribution in [0.4, 0.5) is 5.69 Å². The Morgan fingerprint density at radius 3 is 2.43 bits per heavy atom. The van der Waals surface area contributed by atoms with Gasteiger partial charge in [-0.15, -0.1) is 11.8 Å². The van der Waals surface area contributed by atoms with Crippen LogP contribution < -0.4 is 19.2 Å². The van der Waals surface area contributed by atoms with Crippen molar-refractivity contribution in [3.63, 3.8) is 0 Å². The van der Waals surface area contributed by atoms with Gasteiger partial charge in [0.25, 0.3) is 0 Å². The summed E-state index contributed by atoms with van der Waals surface area (Å²) >= 11 is 15.7. The number of hydrogen-bond donors (Lipinski definition) is 1. The highest BCUT2D eigenvalue weighted by atomic mass is 35.5. The van der Waals surface area contributed by atoms with Crippen LogP contribution in [0.3, 0.4) is 0 Å². The molecule has 4 aromatic rings. The first kappa shape index (κ1) is 28.2. The molecule has 0 radical (unpaired) electrons. The maximum absolute atomic E-state index is 14.1. The molecular formula is C33H26Cl2N2O5S2. The van der Waals surface area contributed by atoms with Crippen molar-refractivity contribution in [3.8, 4) is 11.5 Å². The van der Waals surface area contributed by atoms with Crippen LogP contribution in [0.25, 0.3) is 0 Å². The van der Waals surface area contributed by atoms with E-state index in [1.54, 1.807) is 49.2 Å². The van der Waals surface area contributed by atoms with Gasteiger partial charge >= 0.3 is 4.87 Å². The SMILES string of the molecule is COc1ccc(N2C(=O)C3C(C2=O)[C@@H]2C[C@H]3C3Sc4[nH]c(=O)sc4C(c4cc(Cl)ccc4OCc4cccc(Cl)c4)C32)cc1. The number of H-pyrrole nitrogens is 1. The predicted molar refractivity (Wildman–Crippen MR) is 171 cm³/mol. The molecular weight excluding hydrogens is 639 g/mol. The average molecular weight is 666 g/mol. The van der Waals surface area contributed by atoms with E-state index in [4.69, 9.17) is 32.7 Å². The fourth-order valence-electron chi connectivity index (χ4n) is 8.03. The van der Waals surface area contributed by atoms with Crippen molar-refractivity contribution in [3.05, 3.63) is 102 Å². The van der Waals surface area contributed by atoms with Crippen LogP contribution in [-0.2, 0) is 16.2 Å². The number of amides is 2. The number of methoxy groups -OCH3 is 1. The van der Waals surface area contributed by atoms with E-state index >= 15 is 0 Å². The fourth-order valence-corrected chi connectivity index (χ4v) is 11.3. The fraction of sp³-hybridized carbons (Fsp3) is 0.303. The molecule has 44 heavy (non-hydrogen) atoms. The molecule has 2 aliphatic carbocycles.